The molecule has 1 aliphatic rings. The Morgan fingerprint density at radius 1 is 1.32 bits per heavy atom. The van der Waals surface area contributed by atoms with Crippen LogP contribution in [0.25, 0.3) is 0 Å². The molecule has 0 aliphatic carbocycles. The summed E-state index contributed by atoms with van der Waals surface area (Å²) in [5, 5.41) is 3.05. The molecule has 1 heterocycles. The Kier molecular flexibility index (Phi) is 4.89. The van der Waals surface area contributed by atoms with Crippen molar-refractivity contribution in [2.45, 2.75) is 18.4 Å². The maximum absolute atomic E-state index is 12.7. The van der Waals surface area contributed by atoms with Crippen LogP contribution >= 0.6 is 11.8 Å². The fraction of sp³-hybridized carbons (Fsp3) is 0.538. The van der Waals surface area contributed by atoms with Gasteiger partial charge in [0.25, 0.3) is 0 Å². The van der Waals surface area contributed by atoms with Crippen LogP contribution in [0.2, 0.25) is 0 Å². The quantitative estimate of drug-likeness (QED) is 0.914. The van der Waals surface area contributed by atoms with E-state index in [2.05, 4.69) is 5.32 Å². The third-order valence-electron chi connectivity index (χ3n) is 3.22. The van der Waals surface area contributed by atoms with E-state index in [-0.39, 0.29) is 0 Å². The number of hydrogen-bond acceptors (Lipinski definition) is 4. The number of sulfonamides is 1. The van der Waals surface area contributed by atoms with Crippen molar-refractivity contribution in [3.05, 3.63) is 29.3 Å². The Morgan fingerprint density at radius 2 is 2.00 bits per heavy atom. The second kappa shape index (κ2) is 6.26. The molecule has 0 radical (unpaired) electrons. The lowest BCUT2D eigenvalue weighted by Crippen LogP contribution is -2.38. The molecule has 1 N–H and O–H groups in total. The average Bonchev–Trinajstić information content (AvgIpc) is 2.42. The van der Waals surface area contributed by atoms with Gasteiger partial charge in [-0.2, -0.15) is 16.1 Å². The molecule has 0 amide bonds. The smallest absolute Gasteiger partial charge is 0.243 e. The number of thioether (sulfide) groups is 1. The van der Waals surface area contributed by atoms with Crippen LogP contribution in [0.4, 0.5) is 0 Å². The fourth-order valence-electron chi connectivity index (χ4n) is 2.16. The first kappa shape index (κ1) is 14.8. The summed E-state index contributed by atoms with van der Waals surface area (Å²) in [4.78, 5) is 0.451. The van der Waals surface area contributed by atoms with E-state index in [1.54, 1.807) is 10.4 Å². The van der Waals surface area contributed by atoms with Crippen molar-refractivity contribution in [2.24, 2.45) is 0 Å². The summed E-state index contributed by atoms with van der Waals surface area (Å²) in [6, 6.07) is 5.65. The summed E-state index contributed by atoms with van der Waals surface area (Å²) in [5.41, 5.74) is 1.82. The standard InChI is InChI=1S/C13H20N2O2S2/c1-11-3-4-12(10-14-2)9-13(11)19(16,17)15-5-7-18-8-6-15/h3-4,9,14H,5-8,10H2,1-2H3. The van der Waals surface area contributed by atoms with Crippen molar-refractivity contribution >= 4 is 21.8 Å². The number of benzene rings is 1. The number of rotatable bonds is 4. The van der Waals surface area contributed by atoms with Gasteiger partial charge in [-0.25, -0.2) is 8.42 Å². The predicted octanol–water partition coefficient (Wildman–Crippen LogP) is 1.45. The Morgan fingerprint density at radius 3 is 2.63 bits per heavy atom. The Balaban J connectivity index is 2.35. The van der Waals surface area contributed by atoms with E-state index in [4.69, 9.17) is 0 Å². The van der Waals surface area contributed by atoms with Crippen LogP contribution in [-0.4, -0.2) is 44.4 Å². The third kappa shape index (κ3) is 3.31. The second-order valence-corrected chi connectivity index (χ2v) is 7.78. The number of nitrogens with zero attached hydrogens (tertiary/aromatic N) is 1. The molecule has 0 bridgehead atoms. The highest BCUT2D eigenvalue weighted by Crippen LogP contribution is 2.24. The van der Waals surface area contributed by atoms with Crippen LogP contribution in [0.3, 0.4) is 0 Å². The maximum atomic E-state index is 12.7. The topological polar surface area (TPSA) is 49.4 Å². The van der Waals surface area contributed by atoms with Gasteiger partial charge in [0, 0.05) is 31.1 Å². The van der Waals surface area contributed by atoms with Crippen LogP contribution in [0, 0.1) is 6.92 Å². The van der Waals surface area contributed by atoms with Crippen LogP contribution < -0.4 is 5.32 Å². The first-order valence-electron chi connectivity index (χ1n) is 6.37. The largest absolute Gasteiger partial charge is 0.316 e. The molecular weight excluding hydrogens is 280 g/mol. The molecule has 106 valence electrons. The molecule has 2 rings (SSSR count). The Bertz CT molecular complexity index is 538. The summed E-state index contributed by atoms with van der Waals surface area (Å²) in [5.74, 6) is 1.77. The van der Waals surface area contributed by atoms with Gasteiger partial charge in [0.15, 0.2) is 0 Å². The lowest BCUT2D eigenvalue weighted by molar-refractivity contribution is 0.443. The highest BCUT2D eigenvalue weighted by Gasteiger charge is 2.27. The highest BCUT2D eigenvalue weighted by atomic mass is 32.2. The average molecular weight is 300 g/mol. The molecule has 0 saturated carbocycles. The van der Waals surface area contributed by atoms with Crippen LogP contribution in [0.15, 0.2) is 23.1 Å². The summed E-state index contributed by atoms with van der Waals surface area (Å²) in [6.45, 7) is 3.76. The van der Waals surface area contributed by atoms with Gasteiger partial charge in [-0.15, -0.1) is 0 Å². The van der Waals surface area contributed by atoms with E-state index in [0.717, 1.165) is 22.6 Å². The molecule has 1 saturated heterocycles. The molecule has 19 heavy (non-hydrogen) atoms. The van der Waals surface area contributed by atoms with Gasteiger partial charge in [0.05, 0.1) is 4.90 Å². The molecular formula is C13H20N2O2S2. The number of hydrogen-bond donors (Lipinski definition) is 1. The second-order valence-electron chi connectivity index (χ2n) is 4.65. The monoisotopic (exact) mass is 300 g/mol. The van der Waals surface area contributed by atoms with Gasteiger partial charge in [0.2, 0.25) is 10.0 Å². The number of aryl methyl sites for hydroxylation is 1. The van der Waals surface area contributed by atoms with Crippen molar-refractivity contribution in [1.82, 2.24) is 9.62 Å². The fourth-order valence-corrected chi connectivity index (χ4v) is 5.01. The minimum atomic E-state index is -3.34. The molecule has 0 unspecified atom stereocenters. The summed E-state index contributed by atoms with van der Waals surface area (Å²) in [6.07, 6.45) is 0. The van der Waals surface area contributed by atoms with Crippen LogP contribution in [0.5, 0.6) is 0 Å². The molecule has 0 aromatic heterocycles. The van der Waals surface area contributed by atoms with E-state index in [1.165, 1.54) is 0 Å². The van der Waals surface area contributed by atoms with Crippen molar-refractivity contribution < 1.29 is 8.42 Å². The third-order valence-corrected chi connectivity index (χ3v) is 6.20. The minimum absolute atomic E-state index is 0.451. The van der Waals surface area contributed by atoms with Crippen LogP contribution in [0.1, 0.15) is 11.1 Å². The summed E-state index contributed by atoms with van der Waals surface area (Å²) < 4.78 is 26.9. The molecule has 0 spiro atoms. The molecule has 1 aromatic rings. The predicted molar refractivity (Wildman–Crippen MR) is 80.0 cm³/mol. The lowest BCUT2D eigenvalue weighted by Gasteiger charge is -2.26. The molecule has 1 aromatic carbocycles. The number of nitrogens with one attached hydrogen (secondary N) is 1. The molecule has 0 atom stereocenters. The Labute approximate surface area is 119 Å². The van der Waals surface area contributed by atoms with Gasteiger partial charge in [-0.1, -0.05) is 12.1 Å². The molecule has 6 heteroatoms. The van der Waals surface area contributed by atoms with Crippen molar-refractivity contribution in [3.8, 4) is 0 Å². The first-order chi connectivity index (χ1) is 9.05. The maximum Gasteiger partial charge on any atom is 0.243 e. The van der Waals surface area contributed by atoms with E-state index < -0.39 is 10.0 Å². The molecule has 1 fully saturated rings. The minimum Gasteiger partial charge on any atom is -0.316 e. The summed E-state index contributed by atoms with van der Waals surface area (Å²) in [7, 11) is -1.48. The highest BCUT2D eigenvalue weighted by molar-refractivity contribution is 7.99. The van der Waals surface area contributed by atoms with Gasteiger partial charge >= 0.3 is 0 Å². The van der Waals surface area contributed by atoms with E-state index in [9.17, 15) is 8.42 Å². The Hall–Kier alpha value is -0.560. The first-order valence-corrected chi connectivity index (χ1v) is 8.97. The van der Waals surface area contributed by atoms with Crippen molar-refractivity contribution in [3.63, 3.8) is 0 Å². The normalized spacial score (nSPS) is 17.6. The van der Waals surface area contributed by atoms with Crippen molar-refractivity contribution in [2.75, 3.05) is 31.6 Å². The van der Waals surface area contributed by atoms with E-state index in [0.29, 0.717) is 24.5 Å². The van der Waals surface area contributed by atoms with Gasteiger partial charge < -0.3 is 5.32 Å². The molecule has 1 aliphatic heterocycles. The SMILES string of the molecule is CNCc1ccc(C)c(S(=O)(=O)N2CCSCC2)c1. The zero-order valence-electron chi connectivity index (χ0n) is 11.3. The lowest BCUT2D eigenvalue weighted by atomic mass is 10.1. The van der Waals surface area contributed by atoms with E-state index in [1.807, 2.05) is 37.9 Å². The summed E-state index contributed by atoms with van der Waals surface area (Å²) >= 11 is 1.81. The van der Waals surface area contributed by atoms with Gasteiger partial charge in [-0.3, -0.25) is 0 Å². The van der Waals surface area contributed by atoms with Crippen LogP contribution in [-0.2, 0) is 16.6 Å². The zero-order valence-corrected chi connectivity index (χ0v) is 13.0. The molecule has 4 nitrogen and oxygen atoms in total. The van der Waals surface area contributed by atoms with E-state index >= 15 is 0 Å². The van der Waals surface area contributed by atoms with Crippen molar-refractivity contribution in [1.29, 1.82) is 0 Å². The van der Waals surface area contributed by atoms with Gasteiger partial charge in [-0.05, 0) is 31.2 Å². The van der Waals surface area contributed by atoms with Gasteiger partial charge in [0.1, 0.15) is 0 Å². The zero-order chi connectivity index (χ0) is 13.9.